The molecule has 3 saturated heterocycles. The van der Waals surface area contributed by atoms with Crippen molar-refractivity contribution in [2.45, 2.75) is 68.0 Å². The number of aliphatic hydroxyl groups is 1. The van der Waals surface area contributed by atoms with Crippen molar-refractivity contribution >= 4 is 29.5 Å². The first-order valence-electron chi connectivity index (χ1n) is 10.4. The van der Waals surface area contributed by atoms with Crippen LogP contribution in [0.5, 0.6) is 0 Å². The molecule has 0 aromatic rings. The number of carboxylic acid groups (broad SMARTS) is 1. The van der Waals surface area contributed by atoms with Crippen LogP contribution in [-0.2, 0) is 14.4 Å². The Morgan fingerprint density at radius 1 is 1.45 bits per heavy atom. The summed E-state index contributed by atoms with van der Waals surface area (Å²) >= 11 is 1.52. The standard InChI is InChI=1S/C21H32N2O5S/c1-5-7-13(3)22(10-6-2)18(26)16-21-9-8-20(4,29-21)15(19(27)28)14(21)17(25)23(16)11-12-24/h6,13-16,24H,2,5,7-12H2,1,3-4H3,(H,27,28)/t13?,14-,15-,16?,20+,21?/m0/s1. The van der Waals surface area contributed by atoms with E-state index in [-0.39, 0.29) is 31.0 Å². The zero-order valence-electron chi connectivity index (χ0n) is 17.5. The van der Waals surface area contributed by atoms with Gasteiger partial charge in [0.1, 0.15) is 6.04 Å². The Kier molecular flexibility index (Phi) is 6.07. The number of carbonyl (C=O) groups excluding carboxylic acids is 2. The lowest BCUT2D eigenvalue weighted by molar-refractivity contribution is -0.150. The van der Waals surface area contributed by atoms with Crippen LogP contribution in [0.25, 0.3) is 0 Å². The molecule has 8 heteroatoms. The molecule has 162 valence electrons. The van der Waals surface area contributed by atoms with Crippen molar-refractivity contribution < 1.29 is 24.6 Å². The van der Waals surface area contributed by atoms with Crippen LogP contribution < -0.4 is 0 Å². The lowest BCUT2D eigenvalue weighted by Crippen LogP contribution is -2.56. The van der Waals surface area contributed by atoms with Crippen LogP contribution in [-0.4, -0.2) is 79.1 Å². The highest BCUT2D eigenvalue weighted by molar-refractivity contribution is 8.02. The van der Waals surface area contributed by atoms with Gasteiger partial charge in [-0.25, -0.2) is 0 Å². The number of aliphatic carboxylic acids is 1. The fraction of sp³-hybridized carbons (Fsp3) is 0.762. The molecular weight excluding hydrogens is 392 g/mol. The van der Waals surface area contributed by atoms with Crippen molar-refractivity contribution in [1.82, 2.24) is 9.80 Å². The quantitative estimate of drug-likeness (QED) is 0.547. The van der Waals surface area contributed by atoms with Crippen molar-refractivity contribution in [2.75, 3.05) is 19.7 Å². The molecule has 2 amide bonds. The summed E-state index contributed by atoms with van der Waals surface area (Å²) in [4.78, 5) is 42.5. The number of hydrogen-bond acceptors (Lipinski definition) is 5. The molecule has 3 fully saturated rings. The third-order valence-electron chi connectivity index (χ3n) is 6.96. The topological polar surface area (TPSA) is 98.2 Å². The maximum atomic E-state index is 13.8. The predicted molar refractivity (Wildman–Crippen MR) is 111 cm³/mol. The lowest BCUT2D eigenvalue weighted by atomic mass is 9.66. The van der Waals surface area contributed by atoms with Crippen LogP contribution in [0.3, 0.4) is 0 Å². The smallest absolute Gasteiger partial charge is 0.308 e. The van der Waals surface area contributed by atoms with E-state index in [2.05, 4.69) is 13.5 Å². The minimum atomic E-state index is -0.973. The number of hydrogen-bond donors (Lipinski definition) is 2. The molecule has 3 rings (SSSR count). The van der Waals surface area contributed by atoms with Crippen LogP contribution in [0.1, 0.15) is 46.5 Å². The van der Waals surface area contributed by atoms with E-state index in [9.17, 15) is 24.6 Å². The van der Waals surface area contributed by atoms with Gasteiger partial charge in [0.15, 0.2) is 0 Å². The van der Waals surface area contributed by atoms with Crippen molar-refractivity contribution in [3.05, 3.63) is 12.7 Å². The molecule has 3 aliphatic heterocycles. The van der Waals surface area contributed by atoms with E-state index in [0.29, 0.717) is 19.4 Å². The van der Waals surface area contributed by atoms with Crippen molar-refractivity contribution in [3.8, 4) is 0 Å². The number of carbonyl (C=O) groups is 3. The minimum Gasteiger partial charge on any atom is -0.481 e. The van der Waals surface area contributed by atoms with E-state index in [0.717, 1.165) is 12.8 Å². The van der Waals surface area contributed by atoms with Crippen LogP contribution in [0, 0.1) is 11.8 Å². The van der Waals surface area contributed by atoms with E-state index in [4.69, 9.17) is 0 Å². The summed E-state index contributed by atoms with van der Waals surface area (Å²) in [5.74, 6) is -2.97. The molecule has 2 N–H and O–H groups in total. The van der Waals surface area contributed by atoms with Gasteiger partial charge in [0.25, 0.3) is 0 Å². The molecule has 3 unspecified atom stereocenters. The molecule has 0 aromatic carbocycles. The summed E-state index contributed by atoms with van der Waals surface area (Å²) in [5, 5.41) is 19.5. The Morgan fingerprint density at radius 2 is 2.14 bits per heavy atom. The van der Waals surface area contributed by atoms with Gasteiger partial charge in [-0.1, -0.05) is 19.4 Å². The third-order valence-corrected chi connectivity index (χ3v) is 8.95. The van der Waals surface area contributed by atoms with E-state index in [1.54, 1.807) is 11.0 Å². The normalized spacial score (nSPS) is 36.2. The average Bonchev–Trinajstić information content (AvgIpc) is 3.21. The van der Waals surface area contributed by atoms with E-state index >= 15 is 0 Å². The average molecular weight is 425 g/mol. The molecule has 29 heavy (non-hydrogen) atoms. The number of nitrogens with zero attached hydrogens (tertiary/aromatic N) is 2. The molecule has 0 aliphatic carbocycles. The number of β-amino-alcohol motifs (C(OH)–C–C–N with tert-alkyl or cyclic N) is 1. The number of carboxylic acids is 1. The van der Waals surface area contributed by atoms with Gasteiger partial charge in [-0.3, -0.25) is 14.4 Å². The van der Waals surface area contributed by atoms with Crippen LogP contribution in [0.2, 0.25) is 0 Å². The molecule has 7 nitrogen and oxygen atoms in total. The van der Waals surface area contributed by atoms with Crippen molar-refractivity contribution in [1.29, 1.82) is 0 Å². The second-order valence-electron chi connectivity index (χ2n) is 8.74. The first kappa shape index (κ1) is 22.2. The predicted octanol–water partition coefficient (Wildman–Crippen LogP) is 1.75. The molecule has 3 aliphatic rings. The van der Waals surface area contributed by atoms with Gasteiger partial charge >= 0.3 is 5.97 Å². The Balaban J connectivity index is 2.06. The highest BCUT2D eigenvalue weighted by Gasteiger charge is 2.77. The number of amides is 2. The van der Waals surface area contributed by atoms with Gasteiger partial charge in [0, 0.05) is 23.9 Å². The van der Waals surface area contributed by atoms with Gasteiger partial charge in [-0.05, 0) is 33.1 Å². The Hall–Kier alpha value is -1.54. The monoisotopic (exact) mass is 424 g/mol. The largest absolute Gasteiger partial charge is 0.481 e. The van der Waals surface area contributed by atoms with E-state index in [1.165, 1.54) is 16.7 Å². The molecule has 2 bridgehead atoms. The van der Waals surface area contributed by atoms with Crippen molar-refractivity contribution in [3.63, 3.8) is 0 Å². The Morgan fingerprint density at radius 3 is 2.69 bits per heavy atom. The molecule has 0 saturated carbocycles. The lowest BCUT2D eigenvalue weighted by Gasteiger charge is -2.39. The zero-order valence-corrected chi connectivity index (χ0v) is 18.3. The van der Waals surface area contributed by atoms with Gasteiger partial charge in [-0.2, -0.15) is 0 Å². The van der Waals surface area contributed by atoms with Crippen molar-refractivity contribution in [2.24, 2.45) is 11.8 Å². The van der Waals surface area contributed by atoms with E-state index < -0.39 is 33.3 Å². The zero-order chi connectivity index (χ0) is 21.6. The number of thioether (sulfide) groups is 1. The maximum absolute atomic E-state index is 13.8. The summed E-state index contributed by atoms with van der Waals surface area (Å²) < 4.78 is -1.29. The number of fused-ring (bicyclic) bond motifs is 1. The molecule has 3 heterocycles. The maximum Gasteiger partial charge on any atom is 0.308 e. The summed E-state index contributed by atoms with van der Waals surface area (Å²) in [6.45, 7) is 9.91. The fourth-order valence-electron chi connectivity index (χ4n) is 5.79. The highest BCUT2D eigenvalue weighted by atomic mass is 32.2. The van der Waals surface area contributed by atoms with E-state index in [1.807, 2.05) is 13.8 Å². The van der Waals surface area contributed by atoms with Gasteiger partial charge < -0.3 is 20.0 Å². The molecule has 0 aromatic heterocycles. The second-order valence-corrected chi connectivity index (χ2v) is 10.6. The first-order valence-corrected chi connectivity index (χ1v) is 11.3. The number of aliphatic hydroxyl groups excluding tert-OH is 1. The molecule has 6 atom stereocenters. The fourth-order valence-corrected chi connectivity index (χ4v) is 8.13. The van der Waals surface area contributed by atoms with Gasteiger partial charge in [-0.15, -0.1) is 18.3 Å². The molecule has 0 radical (unpaired) electrons. The van der Waals surface area contributed by atoms with Gasteiger partial charge in [0.05, 0.1) is 23.2 Å². The highest BCUT2D eigenvalue weighted by Crippen LogP contribution is 2.71. The SMILES string of the molecule is C=CCN(C(=O)C1N(CCO)C(=O)[C@@H]2[C@@H](C(=O)O)[C@@]3(C)CCC12S3)C(C)CCC. The number of rotatable bonds is 9. The van der Waals surface area contributed by atoms with Crippen LogP contribution in [0.15, 0.2) is 12.7 Å². The minimum absolute atomic E-state index is 0.0125. The second kappa shape index (κ2) is 7.95. The van der Waals surface area contributed by atoms with Gasteiger partial charge in [0.2, 0.25) is 11.8 Å². The summed E-state index contributed by atoms with van der Waals surface area (Å²) in [6, 6.07) is -0.760. The summed E-state index contributed by atoms with van der Waals surface area (Å²) in [7, 11) is 0. The Bertz CT molecular complexity index is 715. The number of likely N-dealkylation sites (tertiary alicyclic amines) is 1. The summed E-state index contributed by atoms with van der Waals surface area (Å²) in [5.41, 5.74) is 0. The van der Waals surface area contributed by atoms with Crippen LogP contribution >= 0.6 is 11.8 Å². The Labute approximate surface area is 176 Å². The first-order chi connectivity index (χ1) is 13.7. The third kappa shape index (κ3) is 3.19. The summed E-state index contributed by atoms with van der Waals surface area (Å²) in [6.07, 6.45) is 4.75. The van der Waals surface area contributed by atoms with Crippen LogP contribution in [0.4, 0.5) is 0 Å². The molecule has 1 spiro atoms. The molecular formula is C21H32N2O5S.